The molecule has 33 heavy (non-hydrogen) atoms. The van der Waals surface area contributed by atoms with E-state index in [0.717, 1.165) is 23.8 Å². The van der Waals surface area contributed by atoms with Crippen molar-refractivity contribution in [1.82, 2.24) is 24.4 Å². The molecule has 1 aliphatic rings. The third-order valence-electron chi connectivity index (χ3n) is 5.66. The Bertz CT molecular complexity index is 1250. The molecule has 1 fully saturated rings. The van der Waals surface area contributed by atoms with Gasteiger partial charge in [-0.15, -0.1) is 0 Å². The van der Waals surface area contributed by atoms with Crippen LogP contribution in [0.25, 0.3) is 11.0 Å². The lowest BCUT2D eigenvalue weighted by Crippen LogP contribution is -2.41. The Morgan fingerprint density at radius 2 is 1.79 bits per heavy atom. The number of aromatic nitrogens is 4. The second-order valence-electron chi connectivity index (χ2n) is 9.47. The van der Waals surface area contributed by atoms with Crippen molar-refractivity contribution in [2.75, 3.05) is 19.3 Å². The highest BCUT2D eigenvalue weighted by molar-refractivity contribution is 7.90. The van der Waals surface area contributed by atoms with Crippen LogP contribution in [0.15, 0.2) is 41.8 Å². The summed E-state index contributed by atoms with van der Waals surface area (Å²) in [5.74, 6) is 0.956. The Morgan fingerprint density at radius 1 is 1.12 bits per heavy atom. The van der Waals surface area contributed by atoms with Gasteiger partial charge in [0, 0.05) is 49.5 Å². The van der Waals surface area contributed by atoms with Crippen LogP contribution in [0, 0.1) is 0 Å². The first-order chi connectivity index (χ1) is 15.5. The standard InChI is InChI=1S/C23H29N5O4S/c1-23(2,3)32-22(29)27-8-5-16(6-9-27)18-12-24-20(25-13-18)15-28-10-7-17-11-19(33(4,30)31)14-26-21(17)28/h7,10-14,16H,5-6,8-9,15H2,1-4H3. The molecule has 4 heterocycles. The van der Waals surface area contributed by atoms with E-state index in [1.54, 1.807) is 11.0 Å². The fraction of sp³-hybridized carbons (Fsp3) is 0.478. The summed E-state index contributed by atoms with van der Waals surface area (Å²) < 4.78 is 30.9. The number of likely N-dealkylation sites (tertiary alicyclic amines) is 1. The quantitative estimate of drug-likeness (QED) is 0.574. The van der Waals surface area contributed by atoms with Crippen LogP contribution in [-0.2, 0) is 21.1 Å². The number of hydrogen-bond donors (Lipinski definition) is 0. The molecule has 0 spiro atoms. The lowest BCUT2D eigenvalue weighted by Gasteiger charge is -2.33. The summed E-state index contributed by atoms with van der Waals surface area (Å²) in [4.78, 5) is 27.6. The Morgan fingerprint density at radius 3 is 2.39 bits per heavy atom. The van der Waals surface area contributed by atoms with E-state index in [0.29, 0.717) is 37.0 Å². The molecule has 1 saturated heterocycles. The second-order valence-corrected chi connectivity index (χ2v) is 11.5. The Kier molecular flexibility index (Phi) is 6.13. The number of ether oxygens (including phenoxy) is 1. The van der Waals surface area contributed by atoms with Gasteiger partial charge >= 0.3 is 6.09 Å². The molecule has 0 aromatic carbocycles. The van der Waals surface area contributed by atoms with Crippen LogP contribution < -0.4 is 0 Å². The number of piperidine rings is 1. The average molecular weight is 472 g/mol. The lowest BCUT2D eigenvalue weighted by molar-refractivity contribution is 0.0204. The first-order valence-corrected chi connectivity index (χ1v) is 12.8. The molecule has 1 amide bonds. The maximum Gasteiger partial charge on any atom is 0.410 e. The first kappa shape index (κ1) is 23.2. The van der Waals surface area contributed by atoms with Crippen molar-refractivity contribution in [2.24, 2.45) is 0 Å². The highest BCUT2D eigenvalue weighted by Gasteiger charge is 2.27. The summed E-state index contributed by atoms with van der Waals surface area (Å²) in [7, 11) is -3.30. The highest BCUT2D eigenvalue weighted by atomic mass is 32.2. The van der Waals surface area contributed by atoms with E-state index >= 15 is 0 Å². The number of hydrogen-bond acceptors (Lipinski definition) is 7. The number of nitrogens with zero attached hydrogens (tertiary/aromatic N) is 5. The third kappa shape index (κ3) is 5.50. The number of amides is 1. The monoisotopic (exact) mass is 471 g/mol. The molecule has 4 rings (SSSR count). The molecule has 0 unspecified atom stereocenters. The number of pyridine rings is 1. The molecule has 1 aliphatic heterocycles. The van der Waals surface area contributed by atoms with E-state index in [-0.39, 0.29) is 11.0 Å². The van der Waals surface area contributed by atoms with Crippen molar-refractivity contribution in [3.63, 3.8) is 0 Å². The first-order valence-electron chi connectivity index (χ1n) is 10.9. The van der Waals surface area contributed by atoms with E-state index in [1.807, 2.05) is 50.0 Å². The van der Waals surface area contributed by atoms with Crippen LogP contribution in [0.5, 0.6) is 0 Å². The SMILES string of the molecule is CC(C)(C)OC(=O)N1CCC(c2cnc(Cn3ccc4cc(S(C)(=O)=O)cnc43)nc2)CC1. The smallest absolute Gasteiger partial charge is 0.410 e. The predicted octanol–water partition coefficient (Wildman–Crippen LogP) is 3.39. The molecule has 0 atom stereocenters. The van der Waals surface area contributed by atoms with Crippen molar-refractivity contribution in [3.8, 4) is 0 Å². The highest BCUT2D eigenvalue weighted by Crippen LogP contribution is 2.28. The van der Waals surface area contributed by atoms with Gasteiger partial charge in [0.25, 0.3) is 0 Å². The maximum atomic E-state index is 12.3. The summed E-state index contributed by atoms with van der Waals surface area (Å²) in [5.41, 5.74) is 1.26. The van der Waals surface area contributed by atoms with Crippen molar-refractivity contribution >= 4 is 27.0 Å². The lowest BCUT2D eigenvalue weighted by atomic mass is 9.91. The molecule has 9 nitrogen and oxygen atoms in total. The van der Waals surface area contributed by atoms with Crippen LogP contribution in [0.1, 0.15) is 50.9 Å². The van der Waals surface area contributed by atoms with Gasteiger partial charge in [-0.1, -0.05) is 0 Å². The van der Waals surface area contributed by atoms with E-state index in [9.17, 15) is 13.2 Å². The van der Waals surface area contributed by atoms with E-state index in [2.05, 4.69) is 15.0 Å². The van der Waals surface area contributed by atoms with Crippen LogP contribution in [0.2, 0.25) is 0 Å². The van der Waals surface area contributed by atoms with Gasteiger partial charge in [0.1, 0.15) is 17.1 Å². The molecule has 0 saturated carbocycles. The van der Waals surface area contributed by atoms with Gasteiger partial charge in [-0.25, -0.2) is 28.2 Å². The normalized spacial score (nSPS) is 15.7. The van der Waals surface area contributed by atoms with Crippen LogP contribution in [0.3, 0.4) is 0 Å². The Hall–Kier alpha value is -3.01. The minimum atomic E-state index is -3.30. The summed E-state index contributed by atoms with van der Waals surface area (Å²) in [6.45, 7) is 7.35. The molecule has 3 aromatic rings. The van der Waals surface area contributed by atoms with Gasteiger partial charge in [0.2, 0.25) is 0 Å². The van der Waals surface area contributed by atoms with Crippen LogP contribution >= 0.6 is 0 Å². The van der Waals surface area contributed by atoms with Gasteiger partial charge < -0.3 is 14.2 Å². The Labute approximate surface area is 193 Å². The number of rotatable bonds is 4. The molecule has 10 heteroatoms. The summed E-state index contributed by atoms with van der Waals surface area (Å²) in [5, 5.41) is 0.756. The topological polar surface area (TPSA) is 107 Å². The van der Waals surface area contributed by atoms with Crippen molar-refractivity contribution in [3.05, 3.63) is 48.3 Å². The second kappa shape index (κ2) is 8.74. The summed E-state index contributed by atoms with van der Waals surface area (Å²) >= 11 is 0. The maximum absolute atomic E-state index is 12.3. The molecule has 0 bridgehead atoms. The molecular weight excluding hydrogens is 442 g/mol. The average Bonchev–Trinajstić information content (AvgIpc) is 3.15. The van der Waals surface area contributed by atoms with Crippen LogP contribution in [-0.4, -0.2) is 63.9 Å². The zero-order valence-corrected chi connectivity index (χ0v) is 20.2. The van der Waals surface area contributed by atoms with Crippen molar-refractivity contribution < 1.29 is 17.9 Å². The van der Waals surface area contributed by atoms with E-state index < -0.39 is 15.4 Å². The fourth-order valence-corrected chi connectivity index (χ4v) is 4.50. The molecular formula is C23H29N5O4S. The molecule has 176 valence electrons. The predicted molar refractivity (Wildman–Crippen MR) is 124 cm³/mol. The zero-order valence-electron chi connectivity index (χ0n) is 19.4. The third-order valence-corrected chi connectivity index (χ3v) is 6.74. The molecule has 0 radical (unpaired) electrons. The zero-order chi connectivity index (χ0) is 23.8. The van der Waals surface area contributed by atoms with Gasteiger partial charge in [0.15, 0.2) is 9.84 Å². The summed E-state index contributed by atoms with van der Waals surface area (Å²) in [6, 6.07) is 3.46. The number of carbonyl (C=O) groups excluding carboxylic acids is 1. The number of sulfone groups is 1. The number of carbonyl (C=O) groups is 1. The minimum absolute atomic E-state index is 0.200. The Balaban J connectivity index is 1.39. The van der Waals surface area contributed by atoms with Gasteiger partial charge in [-0.05, 0) is 57.2 Å². The number of fused-ring (bicyclic) bond motifs is 1. The van der Waals surface area contributed by atoms with Crippen molar-refractivity contribution in [1.29, 1.82) is 0 Å². The summed E-state index contributed by atoms with van der Waals surface area (Å²) in [6.07, 6.45) is 9.55. The van der Waals surface area contributed by atoms with Crippen LogP contribution in [0.4, 0.5) is 4.79 Å². The van der Waals surface area contributed by atoms with E-state index in [1.165, 1.54) is 12.5 Å². The van der Waals surface area contributed by atoms with E-state index in [4.69, 9.17) is 4.74 Å². The van der Waals surface area contributed by atoms with Gasteiger partial charge in [-0.3, -0.25) is 0 Å². The minimum Gasteiger partial charge on any atom is -0.444 e. The van der Waals surface area contributed by atoms with Gasteiger partial charge in [-0.2, -0.15) is 0 Å². The molecule has 3 aromatic heterocycles. The molecule has 0 N–H and O–H groups in total. The fourth-order valence-electron chi connectivity index (χ4n) is 3.92. The largest absolute Gasteiger partial charge is 0.444 e. The molecule has 0 aliphatic carbocycles. The van der Waals surface area contributed by atoms with Gasteiger partial charge in [0.05, 0.1) is 11.4 Å². The van der Waals surface area contributed by atoms with Crippen molar-refractivity contribution in [2.45, 2.75) is 56.6 Å².